The van der Waals surface area contributed by atoms with Gasteiger partial charge in [0.15, 0.2) is 17.8 Å². The van der Waals surface area contributed by atoms with E-state index < -0.39 is 6.29 Å². The topological polar surface area (TPSA) is 102 Å². The number of benzene rings is 3. The zero-order valence-electron chi connectivity index (χ0n) is 28.7. The molecule has 2 amide bonds. The fourth-order valence-corrected chi connectivity index (χ4v) is 9.85. The van der Waals surface area contributed by atoms with Gasteiger partial charge >= 0.3 is 6.03 Å². The fourth-order valence-electron chi connectivity index (χ4n) is 9.85. The molecule has 2 aliphatic heterocycles. The Balaban J connectivity index is 0.980. The van der Waals surface area contributed by atoms with Crippen molar-refractivity contribution in [2.75, 3.05) is 32.6 Å². The van der Waals surface area contributed by atoms with Crippen LogP contribution in [-0.2, 0) is 29.0 Å². The predicted octanol–water partition coefficient (Wildman–Crippen LogP) is 6.89. The molecule has 4 saturated carbocycles. The average molecular weight is 668 g/mol. The number of hydrogen-bond donors (Lipinski definition) is 3. The van der Waals surface area contributed by atoms with Crippen molar-refractivity contribution in [2.24, 2.45) is 17.8 Å². The van der Waals surface area contributed by atoms with E-state index in [0.717, 1.165) is 96.9 Å². The van der Waals surface area contributed by atoms with Crippen LogP contribution in [0.3, 0.4) is 0 Å². The van der Waals surface area contributed by atoms with Gasteiger partial charge in [0.1, 0.15) is 0 Å². The number of carbonyl (C=O) groups excluding carboxylic acids is 1. The molecule has 9 rings (SSSR count). The van der Waals surface area contributed by atoms with Crippen molar-refractivity contribution in [1.29, 1.82) is 0 Å². The van der Waals surface area contributed by atoms with Gasteiger partial charge in [0.05, 0.1) is 33.0 Å². The number of methoxy groups -OCH3 is 2. The molecule has 9 heteroatoms. The standard InChI is InChI=1S/C40H49N3O6/c1-46-36-16-30-10-11-43(22-32(30)17-37(36)47-2)23-34-18-35(29-8-6-25(24-44)7-9-29)49-38(48-34)31-4-3-5-33(15-31)41-39(45)42-40-19-26-12-27(20-40)14-28(13-26)21-40/h3-9,15-17,26-28,34-35,38,44H,10-14,18-24H2,1-2H3,(H2,41,42,45)/t26?,27?,28?,34-,35+,38+,40?/m0/s1. The van der Waals surface area contributed by atoms with Crippen LogP contribution < -0.4 is 20.1 Å². The van der Waals surface area contributed by atoms with Crippen LogP contribution in [0.15, 0.2) is 60.7 Å². The Labute approximate surface area is 289 Å². The minimum Gasteiger partial charge on any atom is -0.493 e. The van der Waals surface area contributed by atoms with Crippen molar-refractivity contribution in [1.82, 2.24) is 10.2 Å². The highest BCUT2D eigenvalue weighted by Crippen LogP contribution is 2.55. The molecule has 3 atom stereocenters. The number of aliphatic hydroxyl groups excluding tert-OH is 1. The third-order valence-electron chi connectivity index (χ3n) is 11.7. The van der Waals surface area contributed by atoms with E-state index in [1.54, 1.807) is 14.2 Å². The number of rotatable bonds is 9. The molecule has 3 N–H and O–H groups in total. The summed E-state index contributed by atoms with van der Waals surface area (Å²) in [5.41, 5.74) is 6.01. The molecule has 2 heterocycles. The number of urea groups is 1. The Morgan fingerprint density at radius 3 is 2.24 bits per heavy atom. The lowest BCUT2D eigenvalue weighted by atomic mass is 9.53. The number of amides is 2. The minimum absolute atomic E-state index is 0.00346. The zero-order chi connectivity index (χ0) is 33.5. The van der Waals surface area contributed by atoms with E-state index in [9.17, 15) is 9.90 Å². The lowest BCUT2D eigenvalue weighted by Crippen LogP contribution is -2.60. The van der Waals surface area contributed by atoms with Crippen LogP contribution in [-0.4, -0.2) is 55.0 Å². The van der Waals surface area contributed by atoms with Crippen LogP contribution in [0, 0.1) is 17.8 Å². The van der Waals surface area contributed by atoms with Crippen molar-refractivity contribution in [2.45, 2.75) is 88.6 Å². The monoisotopic (exact) mass is 667 g/mol. The quantitative estimate of drug-likeness (QED) is 0.229. The number of nitrogens with one attached hydrogen (secondary N) is 2. The number of ether oxygens (including phenoxy) is 4. The highest BCUT2D eigenvalue weighted by Gasteiger charge is 2.51. The molecule has 0 aromatic heterocycles. The second-order valence-corrected chi connectivity index (χ2v) is 15.2. The fraction of sp³-hybridized carbons (Fsp3) is 0.525. The molecule has 3 aromatic rings. The molecule has 49 heavy (non-hydrogen) atoms. The summed E-state index contributed by atoms with van der Waals surface area (Å²) in [6, 6.07) is 19.9. The molecule has 0 unspecified atom stereocenters. The van der Waals surface area contributed by atoms with Crippen LogP contribution in [0.1, 0.15) is 85.2 Å². The molecule has 1 saturated heterocycles. The van der Waals surface area contributed by atoms with Crippen molar-refractivity contribution in [3.8, 4) is 11.5 Å². The van der Waals surface area contributed by atoms with Crippen molar-refractivity contribution >= 4 is 11.7 Å². The van der Waals surface area contributed by atoms with Gasteiger partial charge in [0, 0.05) is 42.8 Å². The molecule has 6 aliphatic rings. The van der Waals surface area contributed by atoms with Crippen molar-refractivity contribution < 1.29 is 28.8 Å². The molecule has 260 valence electrons. The third kappa shape index (κ3) is 6.91. The lowest BCUT2D eigenvalue weighted by molar-refractivity contribution is -0.253. The van der Waals surface area contributed by atoms with E-state index in [-0.39, 0.29) is 30.4 Å². The summed E-state index contributed by atoms with van der Waals surface area (Å²) >= 11 is 0. The molecule has 3 aromatic carbocycles. The number of nitrogens with zero attached hydrogens (tertiary/aromatic N) is 1. The normalized spacial score (nSPS) is 30.4. The summed E-state index contributed by atoms with van der Waals surface area (Å²) in [6.07, 6.45) is 8.12. The number of carbonyl (C=O) groups is 1. The van der Waals surface area contributed by atoms with Gasteiger partial charge in [-0.05, 0) is 109 Å². The highest BCUT2D eigenvalue weighted by molar-refractivity contribution is 5.90. The van der Waals surface area contributed by atoms with Gasteiger partial charge in [-0.15, -0.1) is 0 Å². The summed E-state index contributed by atoms with van der Waals surface area (Å²) in [4.78, 5) is 15.8. The van der Waals surface area contributed by atoms with E-state index >= 15 is 0 Å². The van der Waals surface area contributed by atoms with Gasteiger partial charge in [0.2, 0.25) is 0 Å². The first-order valence-electron chi connectivity index (χ1n) is 18.0. The second kappa shape index (κ2) is 13.6. The first-order chi connectivity index (χ1) is 23.9. The highest BCUT2D eigenvalue weighted by atomic mass is 16.7. The Bertz CT molecular complexity index is 1620. The van der Waals surface area contributed by atoms with Gasteiger partial charge in [0.25, 0.3) is 0 Å². The molecule has 4 bridgehead atoms. The van der Waals surface area contributed by atoms with E-state index in [1.807, 2.05) is 48.5 Å². The maximum absolute atomic E-state index is 13.4. The van der Waals surface area contributed by atoms with Gasteiger partial charge in [-0.3, -0.25) is 4.90 Å². The second-order valence-electron chi connectivity index (χ2n) is 15.2. The predicted molar refractivity (Wildman–Crippen MR) is 186 cm³/mol. The lowest BCUT2D eigenvalue weighted by Gasteiger charge is -2.56. The first-order valence-corrected chi connectivity index (χ1v) is 18.0. The maximum Gasteiger partial charge on any atom is 0.319 e. The number of fused-ring (bicyclic) bond motifs is 1. The Morgan fingerprint density at radius 2 is 1.57 bits per heavy atom. The molecule has 4 aliphatic carbocycles. The van der Waals surface area contributed by atoms with E-state index in [0.29, 0.717) is 6.42 Å². The van der Waals surface area contributed by atoms with Crippen LogP contribution in [0.4, 0.5) is 10.5 Å². The van der Waals surface area contributed by atoms with Crippen molar-refractivity contribution in [3.05, 3.63) is 88.5 Å². The van der Waals surface area contributed by atoms with Crippen molar-refractivity contribution in [3.63, 3.8) is 0 Å². The molecule has 5 fully saturated rings. The Hall–Kier alpha value is -3.63. The average Bonchev–Trinajstić information content (AvgIpc) is 3.10. The SMILES string of the molecule is COc1cc2c(cc1OC)CN(C[C@@H]1C[C@H](c3ccc(CO)cc3)O[C@H](c3cccc(NC(=O)NC45CC6CC(CC(C6)C4)C5)c3)O1)CC2. The van der Waals surface area contributed by atoms with E-state index in [4.69, 9.17) is 18.9 Å². The molecule has 0 spiro atoms. The molecular weight excluding hydrogens is 618 g/mol. The maximum atomic E-state index is 13.4. The molecular formula is C40H49N3O6. The Kier molecular flexibility index (Phi) is 9.03. The third-order valence-corrected chi connectivity index (χ3v) is 11.7. The van der Waals surface area contributed by atoms with Gasteiger partial charge in [-0.1, -0.05) is 36.4 Å². The van der Waals surface area contributed by atoms with Crippen LogP contribution in [0.2, 0.25) is 0 Å². The Morgan fingerprint density at radius 1 is 0.878 bits per heavy atom. The van der Waals surface area contributed by atoms with E-state index in [1.165, 1.54) is 30.4 Å². The zero-order valence-corrected chi connectivity index (χ0v) is 28.7. The first kappa shape index (κ1) is 32.6. The largest absolute Gasteiger partial charge is 0.493 e. The number of hydrogen-bond acceptors (Lipinski definition) is 7. The number of aliphatic hydroxyl groups is 1. The summed E-state index contributed by atoms with van der Waals surface area (Å²) in [6.45, 7) is 2.48. The summed E-state index contributed by atoms with van der Waals surface area (Å²) < 4.78 is 24.5. The van der Waals surface area contributed by atoms with Gasteiger partial charge < -0.3 is 34.7 Å². The summed E-state index contributed by atoms with van der Waals surface area (Å²) in [5.74, 6) is 3.81. The van der Waals surface area contributed by atoms with Crippen LogP contribution in [0.5, 0.6) is 11.5 Å². The molecule has 0 radical (unpaired) electrons. The van der Waals surface area contributed by atoms with Crippen LogP contribution >= 0.6 is 0 Å². The summed E-state index contributed by atoms with van der Waals surface area (Å²) in [7, 11) is 3.35. The van der Waals surface area contributed by atoms with Crippen LogP contribution in [0.25, 0.3) is 0 Å². The summed E-state index contributed by atoms with van der Waals surface area (Å²) in [5, 5.41) is 16.2. The smallest absolute Gasteiger partial charge is 0.319 e. The van der Waals surface area contributed by atoms with Gasteiger partial charge in [-0.25, -0.2) is 4.79 Å². The number of anilines is 1. The van der Waals surface area contributed by atoms with E-state index in [2.05, 4.69) is 27.7 Å². The minimum atomic E-state index is -0.601. The van der Waals surface area contributed by atoms with Gasteiger partial charge in [-0.2, -0.15) is 0 Å². The molecule has 9 nitrogen and oxygen atoms in total.